The van der Waals surface area contributed by atoms with Gasteiger partial charge in [-0.3, -0.25) is 14.5 Å². The molecule has 0 saturated carbocycles. The number of nitrogens with one attached hydrogen (secondary N) is 1. The van der Waals surface area contributed by atoms with Gasteiger partial charge in [0.25, 0.3) is 5.91 Å². The van der Waals surface area contributed by atoms with Crippen molar-refractivity contribution in [1.29, 1.82) is 0 Å². The van der Waals surface area contributed by atoms with Gasteiger partial charge < -0.3 is 14.8 Å². The molecule has 2 heterocycles. The lowest BCUT2D eigenvalue weighted by atomic mass is 10.2. The number of thiocarbonyl (C=S) groups is 1. The van der Waals surface area contributed by atoms with Crippen LogP contribution in [0.2, 0.25) is 0 Å². The molecule has 0 bridgehead atoms. The Morgan fingerprint density at radius 2 is 2.00 bits per heavy atom. The number of aromatic carboxylic acids is 1. The quantitative estimate of drug-likeness (QED) is 0.512. The number of carboxylic acids is 1. The molecule has 3 rings (SSSR count). The summed E-state index contributed by atoms with van der Waals surface area (Å²) in [5.41, 5.74) is 0.613. The summed E-state index contributed by atoms with van der Waals surface area (Å²) in [4.78, 5) is 37.3. The molecular formula is C20H16N2O5S2. The van der Waals surface area contributed by atoms with Crippen LogP contribution >= 0.6 is 24.0 Å². The molecule has 1 saturated heterocycles. The molecule has 1 fully saturated rings. The maximum Gasteiger partial charge on any atom is 0.335 e. The van der Waals surface area contributed by atoms with Gasteiger partial charge in [-0.25, -0.2) is 4.79 Å². The Bertz CT molecular complexity index is 994. The largest absolute Gasteiger partial charge is 0.478 e. The summed E-state index contributed by atoms with van der Waals surface area (Å²) < 4.78 is 5.58. The van der Waals surface area contributed by atoms with Crippen LogP contribution < -0.4 is 5.32 Å². The summed E-state index contributed by atoms with van der Waals surface area (Å²) in [6.07, 6.45) is 6.72. The Balaban J connectivity index is 1.53. The molecule has 148 valence electrons. The average molecular weight is 428 g/mol. The maximum atomic E-state index is 12.5. The number of carbonyl (C=O) groups excluding carboxylic acids is 2. The fourth-order valence-electron chi connectivity index (χ4n) is 2.46. The number of hydrogen-bond acceptors (Lipinski definition) is 6. The van der Waals surface area contributed by atoms with Gasteiger partial charge >= 0.3 is 5.97 Å². The van der Waals surface area contributed by atoms with Crippen LogP contribution in [0.3, 0.4) is 0 Å². The molecule has 9 heteroatoms. The summed E-state index contributed by atoms with van der Waals surface area (Å²) in [5.74, 6) is -0.916. The molecule has 0 atom stereocenters. The van der Waals surface area contributed by atoms with Crippen LogP contribution in [0.1, 0.15) is 22.5 Å². The zero-order valence-corrected chi connectivity index (χ0v) is 16.7. The highest BCUT2D eigenvalue weighted by Crippen LogP contribution is 2.31. The van der Waals surface area contributed by atoms with Gasteiger partial charge in [-0.2, -0.15) is 0 Å². The molecule has 1 aliphatic heterocycles. The Hall–Kier alpha value is -3.17. The predicted octanol–water partition coefficient (Wildman–Crippen LogP) is 3.76. The van der Waals surface area contributed by atoms with Crippen molar-refractivity contribution in [2.45, 2.75) is 6.42 Å². The highest BCUT2D eigenvalue weighted by atomic mass is 32.2. The Morgan fingerprint density at radius 3 is 2.66 bits per heavy atom. The van der Waals surface area contributed by atoms with Crippen molar-refractivity contribution in [3.8, 4) is 0 Å². The normalized spacial score (nSPS) is 15.4. The monoisotopic (exact) mass is 428 g/mol. The van der Waals surface area contributed by atoms with E-state index in [1.54, 1.807) is 36.6 Å². The first-order valence-electron chi connectivity index (χ1n) is 8.53. The van der Waals surface area contributed by atoms with Gasteiger partial charge in [0.1, 0.15) is 10.1 Å². The van der Waals surface area contributed by atoms with E-state index in [2.05, 4.69) is 5.32 Å². The van der Waals surface area contributed by atoms with E-state index < -0.39 is 5.97 Å². The summed E-state index contributed by atoms with van der Waals surface area (Å²) in [5, 5.41) is 11.6. The first-order valence-corrected chi connectivity index (χ1v) is 9.75. The van der Waals surface area contributed by atoms with Crippen molar-refractivity contribution in [1.82, 2.24) is 4.90 Å². The second kappa shape index (κ2) is 9.35. The number of amides is 2. The highest BCUT2D eigenvalue weighted by molar-refractivity contribution is 8.26. The third-order valence-corrected chi connectivity index (χ3v) is 5.30. The van der Waals surface area contributed by atoms with Crippen LogP contribution in [0.25, 0.3) is 6.08 Å². The Labute approximate surface area is 176 Å². The molecule has 2 amide bonds. The molecule has 0 radical (unpaired) electrons. The molecule has 1 aliphatic rings. The van der Waals surface area contributed by atoms with Crippen molar-refractivity contribution in [3.05, 3.63) is 71.0 Å². The molecule has 29 heavy (non-hydrogen) atoms. The SMILES string of the molecule is O=C(CCN1C(=O)/C(=C\C=C\c2ccco2)SC1=S)Nc1ccc(C(=O)O)cc1. The summed E-state index contributed by atoms with van der Waals surface area (Å²) >= 11 is 6.42. The number of anilines is 1. The number of carbonyl (C=O) groups is 3. The van der Waals surface area contributed by atoms with Gasteiger partial charge in [-0.15, -0.1) is 0 Å². The van der Waals surface area contributed by atoms with Gasteiger partial charge in [0.15, 0.2) is 0 Å². The molecule has 2 N–H and O–H groups in total. The van der Waals surface area contributed by atoms with Gasteiger partial charge in [0.2, 0.25) is 5.91 Å². The zero-order valence-electron chi connectivity index (χ0n) is 15.0. The molecule has 7 nitrogen and oxygen atoms in total. The van der Waals surface area contributed by atoms with Crippen LogP contribution in [0, 0.1) is 0 Å². The predicted molar refractivity (Wildman–Crippen MR) is 114 cm³/mol. The van der Waals surface area contributed by atoms with Crippen molar-refractivity contribution in [2.75, 3.05) is 11.9 Å². The zero-order chi connectivity index (χ0) is 20.8. The summed E-state index contributed by atoms with van der Waals surface area (Å²) in [6.45, 7) is 0.156. The first-order chi connectivity index (χ1) is 13.9. The van der Waals surface area contributed by atoms with Gasteiger partial charge in [-0.1, -0.05) is 30.1 Å². The molecule has 0 spiro atoms. The highest BCUT2D eigenvalue weighted by Gasteiger charge is 2.31. The smallest absolute Gasteiger partial charge is 0.335 e. The molecule has 0 aliphatic carbocycles. The number of furan rings is 1. The summed E-state index contributed by atoms with van der Waals surface area (Å²) in [7, 11) is 0. The Kier molecular flexibility index (Phi) is 6.63. The maximum absolute atomic E-state index is 12.5. The number of rotatable bonds is 7. The lowest BCUT2D eigenvalue weighted by Gasteiger charge is -2.14. The fourth-order valence-corrected chi connectivity index (χ4v) is 3.72. The van der Waals surface area contributed by atoms with E-state index in [-0.39, 0.29) is 30.3 Å². The molecule has 2 aromatic rings. The van der Waals surface area contributed by atoms with Gasteiger partial charge in [0, 0.05) is 18.7 Å². The number of hydrogen-bond donors (Lipinski definition) is 2. The molecule has 1 aromatic heterocycles. The number of carboxylic acid groups (broad SMARTS) is 1. The first kappa shape index (κ1) is 20.6. The standard InChI is InChI=1S/C20H16N2O5S2/c23-17(21-14-8-6-13(7-9-14)19(25)26)10-11-22-18(24)16(29-20(22)28)5-1-3-15-4-2-12-27-15/h1-9,12H,10-11H2,(H,21,23)(H,25,26)/b3-1+,16-5+. The van der Waals surface area contributed by atoms with Crippen LogP contribution in [-0.4, -0.2) is 38.7 Å². The fraction of sp³-hybridized carbons (Fsp3) is 0.100. The minimum atomic E-state index is -1.04. The van der Waals surface area contributed by atoms with Gasteiger partial charge in [-0.05, 0) is 48.6 Å². The van der Waals surface area contributed by atoms with Crippen molar-refractivity contribution in [2.24, 2.45) is 0 Å². The van der Waals surface area contributed by atoms with Crippen molar-refractivity contribution >= 4 is 57.8 Å². The molecule has 0 unspecified atom stereocenters. The van der Waals surface area contributed by atoms with E-state index in [1.165, 1.54) is 40.9 Å². The second-order valence-electron chi connectivity index (χ2n) is 5.91. The van der Waals surface area contributed by atoms with E-state index in [0.717, 1.165) is 0 Å². The van der Waals surface area contributed by atoms with E-state index in [0.29, 0.717) is 20.7 Å². The van der Waals surface area contributed by atoms with Crippen molar-refractivity contribution < 1.29 is 23.9 Å². The number of allylic oxidation sites excluding steroid dienone is 2. The molecular weight excluding hydrogens is 412 g/mol. The van der Waals surface area contributed by atoms with Crippen LogP contribution in [0.5, 0.6) is 0 Å². The summed E-state index contributed by atoms with van der Waals surface area (Å²) in [6, 6.07) is 9.39. The van der Waals surface area contributed by atoms with E-state index in [9.17, 15) is 14.4 Å². The number of nitrogens with zero attached hydrogens (tertiary/aromatic N) is 1. The third kappa shape index (κ3) is 5.43. The van der Waals surface area contributed by atoms with E-state index >= 15 is 0 Å². The van der Waals surface area contributed by atoms with E-state index in [1.807, 2.05) is 0 Å². The lowest BCUT2D eigenvalue weighted by Crippen LogP contribution is -2.31. The van der Waals surface area contributed by atoms with Crippen LogP contribution in [-0.2, 0) is 9.59 Å². The topological polar surface area (TPSA) is 99.9 Å². The Morgan fingerprint density at radius 1 is 1.24 bits per heavy atom. The third-order valence-electron chi connectivity index (χ3n) is 3.90. The van der Waals surface area contributed by atoms with Crippen molar-refractivity contribution in [3.63, 3.8) is 0 Å². The van der Waals surface area contributed by atoms with Crippen LogP contribution in [0.4, 0.5) is 5.69 Å². The van der Waals surface area contributed by atoms with Gasteiger partial charge in [0.05, 0.1) is 16.7 Å². The number of benzene rings is 1. The average Bonchev–Trinajstić information content (AvgIpc) is 3.29. The van der Waals surface area contributed by atoms with Crippen LogP contribution in [0.15, 0.2) is 64.1 Å². The minimum absolute atomic E-state index is 0.0582. The number of thioether (sulfide) groups is 1. The minimum Gasteiger partial charge on any atom is -0.478 e. The molecule has 1 aromatic carbocycles. The second-order valence-corrected chi connectivity index (χ2v) is 7.59. The lowest BCUT2D eigenvalue weighted by molar-refractivity contribution is -0.122. The van der Waals surface area contributed by atoms with E-state index in [4.69, 9.17) is 21.7 Å².